The molecule has 2 heteroatoms. The van der Waals surface area contributed by atoms with Crippen LogP contribution in [0.2, 0.25) is 25.7 Å². The summed E-state index contributed by atoms with van der Waals surface area (Å²) in [5.74, 6) is 0. The van der Waals surface area contributed by atoms with Gasteiger partial charge >= 0.3 is 0 Å². The average molecular weight is 158 g/mol. The highest BCUT2D eigenvalue weighted by Gasteiger charge is 2.13. The maximum atomic E-state index is 8.84. The molecule has 0 atom stereocenters. The van der Waals surface area contributed by atoms with E-state index in [0.29, 0.717) is 0 Å². The molecule has 0 radical (unpaired) electrons. The van der Waals surface area contributed by atoms with Crippen molar-refractivity contribution < 1.29 is 5.11 Å². The molecule has 60 valence electrons. The zero-order chi connectivity index (χ0) is 8.20. The van der Waals surface area contributed by atoms with Crippen LogP contribution in [-0.4, -0.2) is 19.8 Å². The molecule has 0 saturated heterocycles. The predicted molar refractivity (Wildman–Crippen MR) is 49.0 cm³/mol. The summed E-state index contributed by atoms with van der Waals surface area (Å²) in [7, 11) is -0.991. The predicted octanol–water partition coefficient (Wildman–Crippen LogP) is 2.26. The molecule has 0 aliphatic carbocycles. The van der Waals surface area contributed by atoms with Crippen molar-refractivity contribution in [1.82, 2.24) is 0 Å². The average Bonchev–Trinajstić information content (AvgIpc) is 1.81. The Hall–Kier alpha value is -0.0831. The maximum Gasteiger partial charge on any atom is 0.0638 e. The topological polar surface area (TPSA) is 20.2 Å². The van der Waals surface area contributed by atoms with Crippen molar-refractivity contribution in [2.24, 2.45) is 0 Å². The van der Waals surface area contributed by atoms with E-state index in [1.165, 1.54) is 5.57 Å². The van der Waals surface area contributed by atoms with Crippen molar-refractivity contribution in [3.63, 3.8) is 0 Å². The van der Waals surface area contributed by atoms with Gasteiger partial charge in [0.2, 0.25) is 0 Å². The van der Waals surface area contributed by atoms with Crippen LogP contribution in [-0.2, 0) is 0 Å². The molecule has 1 nitrogen and oxygen atoms in total. The van der Waals surface area contributed by atoms with Crippen molar-refractivity contribution in [3.05, 3.63) is 11.6 Å². The van der Waals surface area contributed by atoms with Crippen molar-refractivity contribution in [2.45, 2.75) is 32.6 Å². The Kier molecular flexibility index (Phi) is 3.90. The summed E-state index contributed by atoms with van der Waals surface area (Å²) in [5.41, 5.74) is 1.19. The minimum Gasteiger partial charge on any atom is -0.392 e. The Balaban J connectivity index is 3.88. The first-order chi connectivity index (χ1) is 4.49. The summed E-state index contributed by atoms with van der Waals surface area (Å²) in [6.07, 6.45) is 2.03. The molecule has 0 aliphatic rings. The molecule has 0 aromatic heterocycles. The van der Waals surface area contributed by atoms with Gasteiger partial charge in [0.25, 0.3) is 0 Å². The highest BCUT2D eigenvalue weighted by atomic mass is 28.3. The van der Waals surface area contributed by atoms with Crippen LogP contribution in [0, 0.1) is 0 Å². The lowest BCUT2D eigenvalue weighted by Crippen LogP contribution is -2.20. The normalized spacial score (nSPS) is 13.9. The second-order valence-corrected chi connectivity index (χ2v) is 9.32. The molecule has 0 aromatic carbocycles. The van der Waals surface area contributed by atoms with E-state index < -0.39 is 8.07 Å². The zero-order valence-electron chi connectivity index (χ0n) is 7.44. The molecule has 1 N–H and O–H groups in total. The Bertz CT molecular complexity index is 122. The number of aliphatic hydroxyl groups is 1. The maximum absolute atomic E-state index is 8.84. The zero-order valence-corrected chi connectivity index (χ0v) is 8.44. The molecule has 0 aromatic rings. The van der Waals surface area contributed by atoms with Gasteiger partial charge in [0.1, 0.15) is 0 Å². The smallest absolute Gasteiger partial charge is 0.0638 e. The standard InChI is InChI=1S/C8H18OSi/c1-5-8(6-9)7-10(2,3)4/h5,9H,6-7H2,1-4H3. The van der Waals surface area contributed by atoms with Gasteiger partial charge in [0.15, 0.2) is 0 Å². The number of hydrogen-bond donors (Lipinski definition) is 1. The van der Waals surface area contributed by atoms with Crippen molar-refractivity contribution >= 4 is 8.07 Å². The summed E-state index contributed by atoms with van der Waals surface area (Å²) in [4.78, 5) is 0. The molecule has 0 heterocycles. The minimum atomic E-state index is -0.991. The Morgan fingerprint density at radius 1 is 1.40 bits per heavy atom. The third-order valence-electron chi connectivity index (χ3n) is 1.37. The largest absolute Gasteiger partial charge is 0.392 e. The highest BCUT2D eigenvalue weighted by Crippen LogP contribution is 2.14. The first-order valence-electron chi connectivity index (χ1n) is 3.74. The Labute approximate surface area is 64.8 Å². The van der Waals surface area contributed by atoms with Gasteiger partial charge < -0.3 is 5.11 Å². The lowest BCUT2D eigenvalue weighted by Gasteiger charge is -2.16. The fourth-order valence-corrected chi connectivity index (χ4v) is 2.61. The van der Waals surface area contributed by atoms with Crippen molar-refractivity contribution in [1.29, 1.82) is 0 Å². The number of aliphatic hydroxyl groups excluding tert-OH is 1. The van der Waals surface area contributed by atoms with Crippen LogP contribution in [0.1, 0.15) is 6.92 Å². The van der Waals surface area contributed by atoms with E-state index in [1.807, 2.05) is 13.0 Å². The van der Waals surface area contributed by atoms with Crippen molar-refractivity contribution in [3.8, 4) is 0 Å². The quantitative estimate of drug-likeness (QED) is 0.493. The second kappa shape index (κ2) is 3.94. The summed E-state index contributed by atoms with van der Waals surface area (Å²) in [6.45, 7) is 9.16. The van der Waals surface area contributed by atoms with Crippen LogP contribution >= 0.6 is 0 Å². The molecular formula is C8H18OSi. The van der Waals surface area contributed by atoms with Gasteiger partial charge in [-0.2, -0.15) is 0 Å². The molecule has 0 amide bonds. The van der Waals surface area contributed by atoms with Crippen LogP contribution in [0.5, 0.6) is 0 Å². The van der Waals surface area contributed by atoms with Gasteiger partial charge in [-0.15, -0.1) is 0 Å². The molecule has 0 bridgehead atoms. The van der Waals surface area contributed by atoms with Crippen LogP contribution in [0.4, 0.5) is 0 Å². The molecule has 0 aliphatic heterocycles. The van der Waals surface area contributed by atoms with Crippen LogP contribution in [0.25, 0.3) is 0 Å². The fourth-order valence-electron chi connectivity index (χ4n) is 0.930. The summed E-state index contributed by atoms with van der Waals surface area (Å²) >= 11 is 0. The van der Waals surface area contributed by atoms with Gasteiger partial charge in [-0.25, -0.2) is 0 Å². The molecule has 0 spiro atoms. The number of rotatable bonds is 3. The summed E-state index contributed by atoms with van der Waals surface area (Å²) in [5, 5.41) is 8.84. The molecule has 0 rings (SSSR count). The Morgan fingerprint density at radius 3 is 2.00 bits per heavy atom. The number of hydrogen-bond acceptors (Lipinski definition) is 1. The molecule has 0 unspecified atom stereocenters. The molecule has 10 heavy (non-hydrogen) atoms. The van der Waals surface area contributed by atoms with E-state index in [1.54, 1.807) is 0 Å². The summed E-state index contributed by atoms with van der Waals surface area (Å²) in [6, 6.07) is 1.12. The highest BCUT2D eigenvalue weighted by molar-refractivity contribution is 6.76. The third kappa shape index (κ3) is 4.76. The first-order valence-corrected chi connectivity index (χ1v) is 7.45. The van der Waals surface area contributed by atoms with Gasteiger partial charge in [0, 0.05) is 8.07 Å². The van der Waals surface area contributed by atoms with E-state index >= 15 is 0 Å². The van der Waals surface area contributed by atoms with Crippen LogP contribution in [0.3, 0.4) is 0 Å². The fraction of sp³-hybridized carbons (Fsp3) is 0.750. The van der Waals surface area contributed by atoms with Gasteiger partial charge in [0.05, 0.1) is 6.61 Å². The second-order valence-electron chi connectivity index (χ2n) is 3.84. The molecule has 0 saturated carbocycles. The first kappa shape index (κ1) is 9.92. The minimum absolute atomic E-state index is 0.237. The monoisotopic (exact) mass is 158 g/mol. The van der Waals surface area contributed by atoms with E-state index in [4.69, 9.17) is 5.11 Å². The van der Waals surface area contributed by atoms with E-state index in [0.717, 1.165) is 6.04 Å². The van der Waals surface area contributed by atoms with Gasteiger partial charge in [-0.1, -0.05) is 31.3 Å². The summed E-state index contributed by atoms with van der Waals surface area (Å²) < 4.78 is 0. The van der Waals surface area contributed by atoms with Crippen molar-refractivity contribution in [2.75, 3.05) is 6.61 Å². The van der Waals surface area contributed by atoms with Gasteiger partial charge in [-0.05, 0) is 13.0 Å². The lowest BCUT2D eigenvalue weighted by atomic mass is 10.3. The van der Waals surface area contributed by atoms with Gasteiger partial charge in [-0.3, -0.25) is 0 Å². The van der Waals surface area contributed by atoms with Crippen LogP contribution < -0.4 is 0 Å². The number of allylic oxidation sites excluding steroid dienone is 1. The molecular weight excluding hydrogens is 140 g/mol. The SMILES string of the molecule is CC=C(CO)C[Si](C)(C)C. The van der Waals surface area contributed by atoms with E-state index in [9.17, 15) is 0 Å². The molecule has 0 fully saturated rings. The van der Waals surface area contributed by atoms with Crippen LogP contribution in [0.15, 0.2) is 11.6 Å². The van der Waals surface area contributed by atoms with E-state index in [-0.39, 0.29) is 6.61 Å². The lowest BCUT2D eigenvalue weighted by molar-refractivity contribution is 0.331. The van der Waals surface area contributed by atoms with E-state index in [2.05, 4.69) is 19.6 Å². The Morgan fingerprint density at radius 2 is 1.90 bits per heavy atom. The third-order valence-corrected chi connectivity index (χ3v) is 2.88.